The highest BCUT2D eigenvalue weighted by molar-refractivity contribution is 8.06. The second-order valence-electron chi connectivity index (χ2n) is 3.08. The molecule has 0 unspecified atom stereocenters. The summed E-state index contributed by atoms with van der Waals surface area (Å²) in [6.07, 6.45) is 6.21. The minimum absolute atomic E-state index is 0.00171. The third-order valence-corrected chi connectivity index (χ3v) is 3.44. The molecule has 0 fully saturated rings. The first-order chi connectivity index (χ1) is 8.12. The van der Waals surface area contributed by atoms with Gasteiger partial charge in [0.15, 0.2) is 5.03 Å². The lowest BCUT2D eigenvalue weighted by molar-refractivity contribution is 0.107. The second kappa shape index (κ2) is 4.38. The van der Waals surface area contributed by atoms with Crippen LogP contribution in [0.4, 0.5) is 0 Å². The fourth-order valence-electron chi connectivity index (χ4n) is 1.16. The average molecular weight is 249 g/mol. The maximum Gasteiger partial charge on any atom is 0.284 e. The lowest BCUT2D eigenvalue weighted by Gasteiger charge is -2.01. The Bertz CT molecular complexity index is 626. The van der Waals surface area contributed by atoms with Crippen molar-refractivity contribution in [2.45, 2.75) is 5.03 Å². The molecule has 2 heterocycles. The molecule has 0 amide bonds. The maximum absolute atomic E-state index is 11.9. The molecular weight excluding hydrogens is 242 g/mol. The molecule has 0 aliphatic rings. The fraction of sp³-hybridized carbons (Fsp3) is 0. The topological polar surface area (TPSA) is 89.9 Å². The number of aromatic nitrogens is 3. The minimum atomic E-state index is -4.14. The summed E-state index contributed by atoms with van der Waals surface area (Å²) in [5.41, 5.74) is -0.00171. The molecule has 6 nitrogen and oxygen atoms in total. The Kier molecular flexibility index (Phi) is 2.92. The van der Waals surface area contributed by atoms with Gasteiger partial charge >= 0.3 is 0 Å². The van der Waals surface area contributed by atoms with Crippen molar-refractivity contribution in [2.75, 3.05) is 0 Å². The molecule has 86 valence electrons. The molecule has 0 atom stereocenters. The van der Waals surface area contributed by atoms with Gasteiger partial charge in [0.05, 0.1) is 11.8 Å². The third kappa shape index (κ3) is 2.18. The maximum atomic E-state index is 11.9. The van der Waals surface area contributed by atoms with Crippen molar-refractivity contribution >= 4 is 15.0 Å². The molecule has 0 aliphatic carbocycles. The van der Waals surface area contributed by atoms with Crippen molar-refractivity contribution < 1.29 is 13.2 Å². The number of hydrogen-bond acceptors (Lipinski definition) is 6. The van der Waals surface area contributed by atoms with Gasteiger partial charge in [0, 0.05) is 24.8 Å². The van der Waals surface area contributed by atoms with Crippen LogP contribution >= 0.6 is 0 Å². The minimum Gasteiger partial charge on any atom is -0.275 e. The van der Waals surface area contributed by atoms with Crippen molar-refractivity contribution in [2.24, 2.45) is 0 Å². The molecular formula is C10H7N3O3S. The molecule has 2 rings (SSSR count). The van der Waals surface area contributed by atoms with Crippen molar-refractivity contribution in [3.05, 3.63) is 48.7 Å². The lowest BCUT2D eigenvalue weighted by atomic mass is 10.3. The van der Waals surface area contributed by atoms with Crippen molar-refractivity contribution in [1.29, 1.82) is 0 Å². The third-order valence-electron chi connectivity index (χ3n) is 1.96. The summed E-state index contributed by atoms with van der Waals surface area (Å²) >= 11 is 0. The van der Waals surface area contributed by atoms with Gasteiger partial charge in [-0.1, -0.05) is 0 Å². The molecule has 7 heteroatoms. The summed E-state index contributed by atoms with van der Waals surface area (Å²) in [5.74, 6) is 0. The molecule has 0 N–H and O–H groups in total. The molecule has 0 aliphatic heterocycles. The Hall–Kier alpha value is -2.15. The highest BCUT2D eigenvalue weighted by atomic mass is 32.2. The number of carbonyl (C=O) groups excluding carboxylic acids is 1. The zero-order valence-electron chi connectivity index (χ0n) is 8.52. The van der Waals surface area contributed by atoms with E-state index in [4.69, 9.17) is 0 Å². The number of carbonyl (C=O) groups is 1. The Balaban J connectivity index is 2.45. The number of rotatable bonds is 2. The lowest BCUT2D eigenvalue weighted by Crippen LogP contribution is -2.16. The van der Waals surface area contributed by atoms with Crippen molar-refractivity contribution in [3.63, 3.8) is 0 Å². The molecule has 0 saturated carbocycles. The van der Waals surface area contributed by atoms with Gasteiger partial charge in [0.25, 0.3) is 15.0 Å². The fourth-order valence-corrected chi connectivity index (χ4v) is 2.18. The van der Waals surface area contributed by atoms with Gasteiger partial charge in [-0.15, -0.1) is 0 Å². The van der Waals surface area contributed by atoms with Crippen LogP contribution < -0.4 is 0 Å². The summed E-state index contributed by atoms with van der Waals surface area (Å²) in [6, 6.07) is 2.86. The summed E-state index contributed by atoms with van der Waals surface area (Å²) in [6.45, 7) is 0. The summed E-state index contributed by atoms with van der Waals surface area (Å²) in [4.78, 5) is 22.7. The van der Waals surface area contributed by atoms with E-state index >= 15 is 0 Å². The first-order valence-electron chi connectivity index (χ1n) is 4.58. The van der Waals surface area contributed by atoms with Crippen LogP contribution in [0.1, 0.15) is 10.4 Å². The van der Waals surface area contributed by atoms with E-state index in [9.17, 15) is 13.2 Å². The molecule has 2 aromatic heterocycles. The van der Waals surface area contributed by atoms with Crippen molar-refractivity contribution in [1.82, 2.24) is 15.0 Å². The normalized spacial score (nSPS) is 11.1. The summed E-state index contributed by atoms with van der Waals surface area (Å²) < 4.78 is 23.7. The van der Waals surface area contributed by atoms with Crippen LogP contribution in [0.3, 0.4) is 0 Å². The zero-order valence-corrected chi connectivity index (χ0v) is 9.33. The first kappa shape index (κ1) is 11.3. The van der Waals surface area contributed by atoms with Gasteiger partial charge in [0.2, 0.25) is 0 Å². The van der Waals surface area contributed by atoms with Crippen LogP contribution in [0, 0.1) is 0 Å². The van der Waals surface area contributed by atoms with E-state index in [1.54, 1.807) is 0 Å². The van der Waals surface area contributed by atoms with Crippen LogP contribution in [0.2, 0.25) is 0 Å². The predicted octanol–water partition coefficient (Wildman–Crippen LogP) is 0.486. The average Bonchev–Trinajstić information content (AvgIpc) is 2.40. The van der Waals surface area contributed by atoms with E-state index in [0.29, 0.717) is 0 Å². The van der Waals surface area contributed by atoms with Gasteiger partial charge in [-0.3, -0.25) is 14.8 Å². The van der Waals surface area contributed by atoms with Crippen LogP contribution in [0.5, 0.6) is 0 Å². The van der Waals surface area contributed by atoms with E-state index in [2.05, 4.69) is 15.0 Å². The second-order valence-corrected chi connectivity index (χ2v) is 4.87. The number of hydrogen-bond donors (Lipinski definition) is 0. The van der Waals surface area contributed by atoms with Crippen LogP contribution in [-0.4, -0.2) is 28.5 Å². The monoisotopic (exact) mass is 249 g/mol. The smallest absolute Gasteiger partial charge is 0.275 e. The predicted molar refractivity (Wildman–Crippen MR) is 57.8 cm³/mol. The van der Waals surface area contributed by atoms with Gasteiger partial charge in [-0.2, -0.15) is 0 Å². The van der Waals surface area contributed by atoms with E-state index in [1.165, 1.54) is 36.9 Å². The highest BCUT2D eigenvalue weighted by Crippen LogP contribution is 2.12. The quantitative estimate of drug-likeness (QED) is 0.769. The number of sulfone groups is 1. The number of nitrogens with zero attached hydrogens (tertiary/aromatic N) is 3. The van der Waals surface area contributed by atoms with Crippen LogP contribution in [0.25, 0.3) is 0 Å². The Morgan fingerprint density at radius 3 is 2.41 bits per heavy atom. The first-order valence-corrected chi connectivity index (χ1v) is 6.06. The summed E-state index contributed by atoms with van der Waals surface area (Å²) in [5, 5.41) is -1.40. The van der Waals surface area contributed by atoms with Gasteiger partial charge in [-0.25, -0.2) is 13.4 Å². The largest absolute Gasteiger partial charge is 0.284 e. The Morgan fingerprint density at radius 2 is 1.82 bits per heavy atom. The SMILES string of the molecule is O=C(c1cccnc1)S(=O)(=O)c1cnccn1. The number of pyridine rings is 1. The molecule has 17 heavy (non-hydrogen) atoms. The standard InChI is InChI=1S/C10H7N3O3S/c14-10(8-2-1-3-11-6-8)17(15,16)9-7-12-4-5-13-9/h1-7H. The van der Waals surface area contributed by atoms with E-state index < -0.39 is 15.0 Å². The molecule has 0 radical (unpaired) electrons. The van der Waals surface area contributed by atoms with Gasteiger partial charge < -0.3 is 0 Å². The molecule has 0 saturated heterocycles. The van der Waals surface area contributed by atoms with E-state index in [-0.39, 0.29) is 10.6 Å². The van der Waals surface area contributed by atoms with Crippen molar-refractivity contribution in [3.8, 4) is 0 Å². The molecule has 0 spiro atoms. The molecule has 2 aromatic rings. The summed E-state index contributed by atoms with van der Waals surface area (Å²) in [7, 11) is -4.14. The van der Waals surface area contributed by atoms with Gasteiger partial charge in [-0.05, 0) is 12.1 Å². The zero-order chi connectivity index (χ0) is 12.3. The molecule has 0 aromatic carbocycles. The van der Waals surface area contributed by atoms with E-state index in [0.717, 1.165) is 6.20 Å². The Morgan fingerprint density at radius 1 is 1.06 bits per heavy atom. The van der Waals surface area contributed by atoms with Crippen LogP contribution in [0.15, 0.2) is 48.1 Å². The van der Waals surface area contributed by atoms with Crippen LogP contribution in [-0.2, 0) is 9.84 Å². The highest BCUT2D eigenvalue weighted by Gasteiger charge is 2.27. The van der Waals surface area contributed by atoms with E-state index in [1.807, 2.05) is 0 Å². The van der Waals surface area contributed by atoms with Gasteiger partial charge in [0.1, 0.15) is 0 Å². The molecule has 0 bridgehead atoms. The Labute approximate surface area is 97.3 Å².